The summed E-state index contributed by atoms with van der Waals surface area (Å²) in [5.74, 6) is 1.94. The van der Waals surface area contributed by atoms with Gasteiger partial charge in [-0.15, -0.1) is 24.0 Å². The van der Waals surface area contributed by atoms with Crippen LogP contribution in [0.25, 0.3) is 0 Å². The molecule has 7 heteroatoms. The molecule has 2 N–H and O–H groups in total. The zero-order valence-corrected chi connectivity index (χ0v) is 17.2. The second kappa shape index (κ2) is 9.65. The summed E-state index contributed by atoms with van der Waals surface area (Å²) >= 11 is 0. The van der Waals surface area contributed by atoms with Crippen LogP contribution in [0.3, 0.4) is 0 Å². The molecule has 1 aliphatic rings. The highest BCUT2D eigenvalue weighted by atomic mass is 127. The van der Waals surface area contributed by atoms with Crippen molar-refractivity contribution < 1.29 is 0 Å². The Balaban J connectivity index is 0.00000225. The van der Waals surface area contributed by atoms with Crippen molar-refractivity contribution in [3.8, 4) is 0 Å². The molecule has 0 atom stereocenters. The third kappa shape index (κ3) is 5.35. The predicted octanol–water partition coefficient (Wildman–Crippen LogP) is 2.37. The molecule has 0 radical (unpaired) electrons. The van der Waals surface area contributed by atoms with Gasteiger partial charge in [0.2, 0.25) is 0 Å². The first-order valence-electron chi connectivity index (χ1n) is 8.49. The summed E-state index contributed by atoms with van der Waals surface area (Å²) in [7, 11) is 3.88. The van der Waals surface area contributed by atoms with Crippen molar-refractivity contribution in [2.45, 2.75) is 25.4 Å². The molecule has 25 heavy (non-hydrogen) atoms. The third-order valence-electron chi connectivity index (χ3n) is 4.52. The van der Waals surface area contributed by atoms with Crippen LogP contribution in [0.15, 0.2) is 47.7 Å². The van der Waals surface area contributed by atoms with E-state index in [0.29, 0.717) is 6.04 Å². The number of nitrogens with one attached hydrogen (secondary N) is 2. The van der Waals surface area contributed by atoms with Gasteiger partial charge in [-0.05, 0) is 37.1 Å². The number of rotatable bonds is 4. The first-order valence-corrected chi connectivity index (χ1v) is 8.49. The summed E-state index contributed by atoms with van der Waals surface area (Å²) in [5, 5.41) is 6.94. The number of aryl methyl sites for hydroxylation is 1. The van der Waals surface area contributed by atoms with Gasteiger partial charge in [0.15, 0.2) is 5.96 Å². The van der Waals surface area contributed by atoms with Crippen molar-refractivity contribution in [1.29, 1.82) is 0 Å². The molecule has 0 spiro atoms. The van der Waals surface area contributed by atoms with Gasteiger partial charge in [0.05, 0.1) is 6.54 Å². The Kier molecular flexibility index (Phi) is 7.54. The predicted molar refractivity (Wildman–Crippen MR) is 114 cm³/mol. The summed E-state index contributed by atoms with van der Waals surface area (Å²) in [6, 6.07) is 10.7. The van der Waals surface area contributed by atoms with Gasteiger partial charge in [0.1, 0.15) is 5.82 Å². The minimum Gasteiger partial charge on any atom is -0.356 e. The van der Waals surface area contributed by atoms with E-state index in [1.54, 1.807) is 0 Å². The van der Waals surface area contributed by atoms with E-state index in [-0.39, 0.29) is 24.0 Å². The maximum atomic E-state index is 4.44. The quantitative estimate of drug-likeness (QED) is 0.423. The lowest BCUT2D eigenvalue weighted by Gasteiger charge is -2.33. The number of nitrogens with zero attached hydrogens (tertiary/aromatic N) is 4. The molecule has 0 aromatic carbocycles. The van der Waals surface area contributed by atoms with E-state index in [1.165, 1.54) is 5.69 Å². The summed E-state index contributed by atoms with van der Waals surface area (Å²) in [4.78, 5) is 11.1. The smallest absolute Gasteiger partial charge is 0.191 e. The molecule has 3 rings (SSSR count). The molecule has 0 aliphatic carbocycles. The number of anilines is 1. The highest BCUT2D eigenvalue weighted by Crippen LogP contribution is 2.17. The lowest BCUT2D eigenvalue weighted by molar-refractivity contribution is 0.459. The van der Waals surface area contributed by atoms with Crippen LogP contribution in [0, 0.1) is 0 Å². The van der Waals surface area contributed by atoms with Gasteiger partial charge in [-0.25, -0.2) is 4.98 Å². The molecule has 1 aliphatic heterocycles. The molecule has 0 bridgehead atoms. The average molecular weight is 454 g/mol. The summed E-state index contributed by atoms with van der Waals surface area (Å²) in [5.41, 5.74) is 1.24. The van der Waals surface area contributed by atoms with Gasteiger partial charge in [-0.1, -0.05) is 6.07 Å². The SMILES string of the molecule is CN=C(NCc1cccn1C)NC1CCN(c2ccccn2)CC1.I. The van der Waals surface area contributed by atoms with Crippen molar-refractivity contribution in [3.63, 3.8) is 0 Å². The van der Waals surface area contributed by atoms with Gasteiger partial charge in [0, 0.05) is 51.3 Å². The molecule has 0 saturated carbocycles. The average Bonchev–Trinajstić information content (AvgIpc) is 3.05. The van der Waals surface area contributed by atoms with E-state index < -0.39 is 0 Å². The Morgan fingerprint density at radius 2 is 2.04 bits per heavy atom. The zero-order valence-electron chi connectivity index (χ0n) is 14.9. The van der Waals surface area contributed by atoms with Gasteiger partial charge in [-0.2, -0.15) is 0 Å². The first-order chi connectivity index (χ1) is 11.8. The number of halogens is 1. The second-order valence-electron chi connectivity index (χ2n) is 6.13. The maximum Gasteiger partial charge on any atom is 0.191 e. The summed E-state index contributed by atoms with van der Waals surface area (Å²) < 4.78 is 2.12. The van der Waals surface area contributed by atoms with Crippen LogP contribution in [0.1, 0.15) is 18.5 Å². The fourth-order valence-electron chi connectivity index (χ4n) is 3.04. The summed E-state index contributed by atoms with van der Waals surface area (Å²) in [6.07, 6.45) is 6.08. The van der Waals surface area contributed by atoms with Crippen molar-refractivity contribution in [2.75, 3.05) is 25.0 Å². The van der Waals surface area contributed by atoms with Gasteiger partial charge < -0.3 is 20.1 Å². The number of hydrogen-bond donors (Lipinski definition) is 2. The lowest BCUT2D eigenvalue weighted by atomic mass is 10.1. The Morgan fingerprint density at radius 3 is 2.64 bits per heavy atom. The van der Waals surface area contributed by atoms with E-state index in [4.69, 9.17) is 0 Å². The summed E-state index contributed by atoms with van der Waals surface area (Å²) in [6.45, 7) is 2.81. The first kappa shape index (κ1) is 19.6. The normalized spacial score (nSPS) is 15.6. The second-order valence-corrected chi connectivity index (χ2v) is 6.13. The van der Waals surface area contributed by atoms with Crippen LogP contribution in [-0.2, 0) is 13.6 Å². The molecule has 0 unspecified atom stereocenters. The minimum atomic E-state index is 0. The Bertz CT molecular complexity index is 661. The Labute approximate surface area is 166 Å². The van der Waals surface area contributed by atoms with Crippen LogP contribution in [0.2, 0.25) is 0 Å². The standard InChI is InChI=1S/C18H26N6.HI/c1-19-18(21-14-16-6-5-11-23(16)2)22-15-8-12-24(13-9-15)17-7-3-4-10-20-17;/h3-7,10-11,15H,8-9,12-14H2,1-2H3,(H2,19,21,22);1H. The molecule has 0 amide bonds. The number of pyridine rings is 1. The number of aliphatic imine (C=N–C) groups is 1. The fraction of sp³-hybridized carbons (Fsp3) is 0.444. The lowest BCUT2D eigenvalue weighted by Crippen LogP contribution is -2.48. The highest BCUT2D eigenvalue weighted by molar-refractivity contribution is 14.0. The van der Waals surface area contributed by atoms with Gasteiger partial charge in [0.25, 0.3) is 0 Å². The monoisotopic (exact) mass is 454 g/mol. The highest BCUT2D eigenvalue weighted by Gasteiger charge is 2.20. The molecule has 2 aromatic rings. The fourth-order valence-corrected chi connectivity index (χ4v) is 3.04. The van der Waals surface area contributed by atoms with E-state index >= 15 is 0 Å². The maximum absolute atomic E-state index is 4.44. The van der Waals surface area contributed by atoms with Crippen molar-refractivity contribution >= 4 is 35.8 Å². The molecule has 1 saturated heterocycles. The van der Waals surface area contributed by atoms with Gasteiger partial charge >= 0.3 is 0 Å². The Morgan fingerprint density at radius 1 is 1.24 bits per heavy atom. The third-order valence-corrected chi connectivity index (χ3v) is 4.52. The molecule has 136 valence electrons. The van der Waals surface area contributed by atoms with E-state index in [9.17, 15) is 0 Å². The number of piperidine rings is 1. The largest absolute Gasteiger partial charge is 0.356 e. The van der Waals surface area contributed by atoms with Crippen LogP contribution >= 0.6 is 24.0 Å². The van der Waals surface area contributed by atoms with E-state index in [2.05, 4.69) is 61.5 Å². The number of guanidine groups is 1. The molecular formula is C18H27IN6. The van der Waals surface area contributed by atoms with Crippen molar-refractivity contribution in [2.24, 2.45) is 12.0 Å². The molecular weight excluding hydrogens is 427 g/mol. The van der Waals surface area contributed by atoms with Crippen molar-refractivity contribution in [3.05, 3.63) is 48.4 Å². The minimum absolute atomic E-state index is 0. The number of aromatic nitrogens is 2. The van der Waals surface area contributed by atoms with Crippen molar-refractivity contribution in [1.82, 2.24) is 20.2 Å². The Hall–Kier alpha value is -1.77. The van der Waals surface area contributed by atoms with Crippen LogP contribution in [0.5, 0.6) is 0 Å². The van der Waals surface area contributed by atoms with Crippen LogP contribution in [0.4, 0.5) is 5.82 Å². The molecule has 2 aromatic heterocycles. The molecule has 1 fully saturated rings. The van der Waals surface area contributed by atoms with Gasteiger partial charge in [-0.3, -0.25) is 4.99 Å². The van der Waals surface area contributed by atoms with E-state index in [0.717, 1.165) is 44.3 Å². The van der Waals surface area contributed by atoms with E-state index in [1.807, 2.05) is 25.4 Å². The van der Waals surface area contributed by atoms with Crippen LogP contribution in [-0.4, -0.2) is 41.7 Å². The molecule has 3 heterocycles. The topological polar surface area (TPSA) is 57.5 Å². The molecule has 6 nitrogen and oxygen atoms in total. The number of hydrogen-bond acceptors (Lipinski definition) is 3. The van der Waals surface area contributed by atoms with Crippen LogP contribution < -0.4 is 15.5 Å². The zero-order chi connectivity index (χ0) is 16.8.